The van der Waals surface area contributed by atoms with Crippen LogP contribution in [0.15, 0.2) is 0 Å². The molecule has 4 heteroatoms. The summed E-state index contributed by atoms with van der Waals surface area (Å²) in [6.07, 6.45) is 6.98. The summed E-state index contributed by atoms with van der Waals surface area (Å²) in [4.78, 5) is 11.2. The van der Waals surface area contributed by atoms with Crippen molar-refractivity contribution in [2.75, 3.05) is 6.61 Å². The highest BCUT2D eigenvalue weighted by atomic mass is 35.5. The molecular formula is C11H24ClNO2. The van der Waals surface area contributed by atoms with E-state index in [0.29, 0.717) is 6.61 Å². The minimum absolute atomic E-state index is 0. The number of hydrogen-bond acceptors (Lipinski definition) is 2. The third-order valence-electron chi connectivity index (χ3n) is 2.28. The van der Waals surface area contributed by atoms with E-state index in [1.807, 2.05) is 6.92 Å². The predicted molar refractivity (Wildman–Crippen MR) is 56.7 cm³/mol. The molecule has 0 fully saturated rings. The number of carbonyl (C=O) groups excluding carboxylic acids is 1. The quantitative estimate of drug-likeness (QED) is 0.414. The molecule has 3 nitrogen and oxygen atoms in total. The van der Waals surface area contributed by atoms with Crippen molar-refractivity contribution in [3.63, 3.8) is 0 Å². The number of hydrogen-bond donors (Lipinski definition) is 1. The maximum absolute atomic E-state index is 11.2. The van der Waals surface area contributed by atoms with Crippen LogP contribution < -0.4 is 18.1 Å². The molecule has 0 saturated heterocycles. The van der Waals surface area contributed by atoms with Gasteiger partial charge in [-0.2, -0.15) is 0 Å². The van der Waals surface area contributed by atoms with E-state index in [4.69, 9.17) is 4.74 Å². The molecule has 1 atom stereocenters. The van der Waals surface area contributed by atoms with Gasteiger partial charge < -0.3 is 22.9 Å². The number of ether oxygens (including phenoxy) is 1. The molecule has 0 saturated carbocycles. The van der Waals surface area contributed by atoms with E-state index in [1.54, 1.807) is 0 Å². The zero-order valence-corrected chi connectivity index (χ0v) is 10.7. The molecule has 0 heterocycles. The van der Waals surface area contributed by atoms with Crippen LogP contribution in [0.25, 0.3) is 0 Å². The van der Waals surface area contributed by atoms with E-state index in [-0.39, 0.29) is 24.4 Å². The summed E-state index contributed by atoms with van der Waals surface area (Å²) < 4.78 is 4.88. The van der Waals surface area contributed by atoms with E-state index >= 15 is 0 Å². The second-order valence-electron chi connectivity index (χ2n) is 3.65. The Bertz CT molecular complexity index is 154. The maximum atomic E-state index is 11.2. The molecule has 0 aromatic heterocycles. The fourth-order valence-corrected chi connectivity index (χ4v) is 1.37. The third kappa shape index (κ3) is 10.0. The summed E-state index contributed by atoms with van der Waals surface area (Å²) in [5.74, 6) is -0.150. The van der Waals surface area contributed by atoms with Crippen LogP contribution >= 0.6 is 0 Å². The van der Waals surface area contributed by atoms with Gasteiger partial charge in [-0.1, -0.05) is 32.6 Å². The zero-order chi connectivity index (χ0) is 10.8. The van der Waals surface area contributed by atoms with E-state index < -0.39 is 0 Å². The maximum Gasteiger partial charge on any atom is 0.364 e. The third-order valence-corrected chi connectivity index (χ3v) is 2.28. The summed E-state index contributed by atoms with van der Waals surface area (Å²) in [5.41, 5.74) is 3.80. The van der Waals surface area contributed by atoms with Crippen LogP contribution in [-0.4, -0.2) is 18.6 Å². The minimum atomic E-state index is -0.170. The topological polar surface area (TPSA) is 53.9 Å². The molecule has 0 rings (SSSR count). The van der Waals surface area contributed by atoms with Gasteiger partial charge in [-0.15, -0.1) is 0 Å². The van der Waals surface area contributed by atoms with Gasteiger partial charge in [0.2, 0.25) is 0 Å². The predicted octanol–water partition coefficient (Wildman–Crippen LogP) is -1.48. The van der Waals surface area contributed by atoms with Crippen molar-refractivity contribution < 1.29 is 27.7 Å². The van der Waals surface area contributed by atoms with E-state index in [9.17, 15) is 4.79 Å². The summed E-state index contributed by atoms with van der Waals surface area (Å²) in [7, 11) is 0. The molecule has 0 aliphatic heterocycles. The van der Waals surface area contributed by atoms with Crippen LogP contribution in [-0.2, 0) is 9.53 Å². The second kappa shape index (κ2) is 11.8. The average molecular weight is 238 g/mol. The number of unbranched alkanes of at least 4 members (excludes halogenated alkanes) is 4. The molecule has 15 heavy (non-hydrogen) atoms. The van der Waals surface area contributed by atoms with Gasteiger partial charge in [0.1, 0.15) is 0 Å². The molecule has 0 aromatic rings. The first kappa shape index (κ1) is 17.1. The summed E-state index contributed by atoms with van der Waals surface area (Å²) in [6.45, 7) is 4.48. The molecule has 0 bridgehead atoms. The second-order valence-corrected chi connectivity index (χ2v) is 3.65. The van der Waals surface area contributed by atoms with Gasteiger partial charge in [-0.05, 0) is 13.3 Å². The largest absolute Gasteiger partial charge is 1.00 e. The Morgan fingerprint density at radius 1 is 1.20 bits per heavy atom. The Hall–Kier alpha value is -0.280. The normalized spacial score (nSPS) is 11.7. The van der Waals surface area contributed by atoms with Gasteiger partial charge >= 0.3 is 5.97 Å². The molecule has 0 aromatic carbocycles. The number of quaternary nitrogens is 1. The van der Waals surface area contributed by atoms with E-state index in [1.165, 1.54) is 25.7 Å². The smallest absolute Gasteiger partial charge is 0.364 e. The van der Waals surface area contributed by atoms with Crippen molar-refractivity contribution in [3.8, 4) is 0 Å². The van der Waals surface area contributed by atoms with E-state index in [2.05, 4.69) is 12.7 Å². The first-order valence-corrected chi connectivity index (χ1v) is 5.72. The standard InChI is InChI=1S/C11H23NO2.ClH/c1-3-5-6-7-8-9-10(12)11(13)14-4-2;/h10H,3-9,12H2,1-2H3;1H/t10-;/m0./s1. The highest BCUT2D eigenvalue weighted by molar-refractivity contribution is 5.73. The molecule has 0 aliphatic carbocycles. The van der Waals surface area contributed by atoms with Crippen molar-refractivity contribution in [1.82, 2.24) is 0 Å². The number of rotatable bonds is 8. The highest BCUT2D eigenvalue weighted by Crippen LogP contribution is 2.06. The molecular weight excluding hydrogens is 214 g/mol. The lowest BCUT2D eigenvalue weighted by Crippen LogP contribution is -3.00. The van der Waals surface area contributed by atoms with Crippen LogP contribution in [0.4, 0.5) is 0 Å². The van der Waals surface area contributed by atoms with Crippen LogP contribution in [0, 0.1) is 0 Å². The highest BCUT2D eigenvalue weighted by Gasteiger charge is 2.17. The number of halogens is 1. The Kier molecular flexibility index (Phi) is 13.5. The Morgan fingerprint density at radius 3 is 2.33 bits per heavy atom. The van der Waals surface area contributed by atoms with E-state index in [0.717, 1.165) is 12.8 Å². The molecule has 0 radical (unpaired) electrons. The monoisotopic (exact) mass is 237 g/mol. The van der Waals surface area contributed by atoms with Crippen LogP contribution in [0.5, 0.6) is 0 Å². The van der Waals surface area contributed by atoms with Gasteiger partial charge in [0.25, 0.3) is 0 Å². The Balaban J connectivity index is 0. The first-order valence-electron chi connectivity index (χ1n) is 5.72. The summed E-state index contributed by atoms with van der Waals surface area (Å²) in [6, 6.07) is -0.170. The lowest BCUT2D eigenvalue weighted by molar-refractivity contribution is -0.409. The zero-order valence-electron chi connectivity index (χ0n) is 9.93. The summed E-state index contributed by atoms with van der Waals surface area (Å²) >= 11 is 0. The van der Waals surface area contributed by atoms with Crippen LogP contribution in [0.3, 0.4) is 0 Å². The fourth-order valence-electron chi connectivity index (χ4n) is 1.37. The van der Waals surface area contributed by atoms with Crippen LogP contribution in [0.1, 0.15) is 52.4 Å². The molecule has 0 aliphatic rings. The summed E-state index contributed by atoms with van der Waals surface area (Å²) in [5, 5.41) is 0. The van der Waals surface area contributed by atoms with Crippen LogP contribution in [0.2, 0.25) is 0 Å². The van der Waals surface area contributed by atoms with Crippen molar-refractivity contribution >= 4 is 5.97 Å². The number of esters is 1. The van der Waals surface area contributed by atoms with Gasteiger partial charge in [0.15, 0.2) is 6.04 Å². The Labute approximate surface area is 99.2 Å². The number of carbonyl (C=O) groups is 1. The molecule has 0 unspecified atom stereocenters. The van der Waals surface area contributed by atoms with Crippen molar-refractivity contribution in [3.05, 3.63) is 0 Å². The molecule has 0 spiro atoms. The average Bonchev–Trinajstić information content (AvgIpc) is 2.17. The Morgan fingerprint density at radius 2 is 1.80 bits per heavy atom. The van der Waals surface area contributed by atoms with Gasteiger partial charge in [-0.3, -0.25) is 0 Å². The van der Waals surface area contributed by atoms with Gasteiger partial charge in [0.05, 0.1) is 6.61 Å². The van der Waals surface area contributed by atoms with Crippen molar-refractivity contribution in [1.29, 1.82) is 0 Å². The first-order chi connectivity index (χ1) is 6.72. The molecule has 0 amide bonds. The van der Waals surface area contributed by atoms with Gasteiger partial charge in [0, 0.05) is 6.42 Å². The lowest BCUT2D eigenvalue weighted by atomic mass is 10.1. The minimum Gasteiger partial charge on any atom is -1.00 e. The lowest BCUT2D eigenvalue weighted by Gasteiger charge is -2.06. The van der Waals surface area contributed by atoms with Gasteiger partial charge in [-0.25, -0.2) is 4.79 Å². The van der Waals surface area contributed by atoms with Crippen molar-refractivity contribution in [2.24, 2.45) is 0 Å². The fraction of sp³-hybridized carbons (Fsp3) is 0.909. The molecule has 3 N–H and O–H groups in total. The molecule has 92 valence electrons. The SMILES string of the molecule is CCCCCCC[C@H]([NH3+])C(=O)OCC.[Cl-]. The van der Waals surface area contributed by atoms with Crippen molar-refractivity contribution in [2.45, 2.75) is 58.4 Å².